The number of hydrogen-bond acceptors (Lipinski definition) is 4. The molecule has 0 heterocycles. The van der Waals surface area contributed by atoms with E-state index in [1.165, 1.54) is 12.2 Å². The van der Waals surface area contributed by atoms with E-state index in [2.05, 4.69) is 18.5 Å². The summed E-state index contributed by atoms with van der Waals surface area (Å²) >= 11 is 0. The van der Waals surface area contributed by atoms with Crippen molar-refractivity contribution in [1.82, 2.24) is 10.2 Å². The predicted molar refractivity (Wildman–Crippen MR) is 126 cm³/mol. The van der Waals surface area contributed by atoms with Gasteiger partial charge in [-0.15, -0.1) is 12.3 Å². The van der Waals surface area contributed by atoms with Gasteiger partial charge in [0.25, 0.3) is 0 Å². The Bertz CT molecular complexity index is 1030. The van der Waals surface area contributed by atoms with E-state index >= 15 is 0 Å². The Hall–Kier alpha value is -2.16. The second-order valence-corrected chi connectivity index (χ2v) is 8.18. The van der Waals surface area contributed by atoms with Gasteiger partial charge in [0.2, 0.25) is 11.8 Å². The average molecular weight is 485 g/mol. The van der Waals surface area contributed by atoms with Gasteiger partial charge < -0.3 is 20.4 Å². The van der Waals surface area contributed by atoms with Crippen molar-refractivity contribution in [3.63, 3.8) is 0 Å². The van der Waals surface area contributed by atoms with Crippen LogP contribution in [0.15, 0.2) is 91.2 Å². The summed E-state index contributed by atoms with van der Waals surface area (Å²) in [5.74, 6) is -0.727. The van der Waals surface area contributed by atoms with E-state index in [1.54, 1.807) is 29.2 Å². The van der Waals surface area contributed by atoms with Crippen LogP contribution in [0.3, 0.4) is 0 Å². The quantitative estimate of drug-likeness (QED) is 0.267. The van der Waals surface area contributed by atoms with Crippen molar-refractivity contribution in [2.24, 2.45) is 0 Å². The first-order valence-electron chi connectivity index (χ1n) is 11.0. The standard InChI is InChI=1S/C27H30N2O4.K/c1-19(8-9-20(2)30)26(27(33)28-18-22-6-4-3-5-7-22)29(23-13-14-23)25(32)17-12-21-10-15-24(31)16-11-21;/h3-11,15-16,23,26,30-31H,1-2,12-14,17-18H2,(H,28,33);/q;+1/p-1/b9-8-;. The molecule has 6 nitrogen and oxygen atoms in total. The molecule has 2 N–H and O–H groups in total. The molecule has 172 valence electrons. The molecule has 34 heavy (non-hydrogen) atoms. The fourth-order valence-corrected chi connectivity index (χ4v) is 3.60. The number of nitrogens with zero attached hydrogens (tertiary/aromatic N) is 1. The maximum absolute atomic E-state index is 13.3. The number of aromatic hydroxyl groups is 1. The first-order valence-corrected chi connectivity index (χ1v) is 11.0. The number of aryl methyl sites for hydroxylation is 1. The minimum absolute atomic E-state index is 0. The number of phenols is 1. The van der Waals surface area contributed by atoms with Crippen LogP contribution >= 0.6 is 0 Å². The summed E-state index contributed by atoms with van der Waals surface area (Å²) in [5.41, 5.74) is 2.22. The van der Waals surface area contributed by atoms with Gasteiger partial charge in [-0.3, -0.25) is 9.59 Å². The van der Waals surface area contributed by atoms with E-state index in [0.717, 1.165) is 24.0 Å². The molecule has 1 aliphatic rings. The van der Waals surface area contributed by atoms with Gasteiger partial charge >= 0.3 is 51.4 Å². The number of hydrogen-bond donors (Lipinski definition) is 2. The molecule has 0 aromatic heterocycles. The van der Waals surface area contributed by atoms with E-state index in [9.17, 15) is 19.8 Å². The molecule has 0 spiro atoms. The van der Waals surface area contributed by atoms with Gasteiger partial charge in [0.05, 0.1) is 0 Å². The fraction of sp³-hybridized carbons (Fsp3) is 0.259. The Morgan fingerprint density at radius 3 is 2.29 bits per heavy atom. The molecule has 1 atom stereocenters. The Morgan fingerprint density at radius 1 is 1.06 bits per heavy atom. The number of carbonyl (C=O) groups is 2. The average Bonchev–Trinajstić information content (AvgIpc) is 3.64. The number of nitrogens with one attached hydrogen (secondary N) is 1. The number of allylic oxidation sites excluding steroid dienone is 1. The molecule has 3 rings (SSSR count). The molecule has 0 bridgehead atoms. The number of rotatable bonds is 11. The van der Waals surface area contributed by atoms with Crippen LogP contribution in [0.4, 0.5) is 0 Å². The Morgan fingerprint density at radius 2 is 1.71 bits per heavy atom. The predicted octanol–water partition coefficient (Wildman–Crippen LogP) is -0.00880. The minimum atomic E-state index is -0.913. The monoisotopic (exact) mass is 484 g/mol. The third kappa shape index (κ3) is 8.56. The molecule has 1 aliphatic carbocycles. The van der Waals surface area contributed by atoms with Gasteiger partial charge in [-0.05, 0) is 48.1 Å². The van der Waals surface area contributed by atoms with E-state index in [4.69, 9.17) is 0 Å². The SMILES string of the molecule is C=C([O-])/C=C\C(=C)C(C(=O)NCc1ccccc1)N(C(=O)CCc1ccc(O)cc1)C1CC1.[K+]. The largest absolute Gasteiger partial charge is 1.00 e. The molecule has 1 saturated carbocycles. The second kappa shape index (κ2) is 13.7. The molecule has 0 saturated heterocycles. The van der Waals surface area contributed by atoms with Crippen molar-refractivity contribution < 1.29 is 71.2 Å². The van der Waals surface area contributed by atoms with Crippen LogP contribution in [0.2, 0.25) is 0 Å². The van der Waals surface area contributed by atoms with E-state index < -0.39 is 11.8 Å². The van der Waals surface area contributed by atoms with Gasteiger partial charge in [0, 0.05) is 19.0 Å². The first-order chi connectivity index (χ1) is 15.8. The van der Waals surface area contributed by atoms with Gasteiger partial charge in [0.15, 0.2) is 0 Å². The van der Waals surface area contributed by atoms with Crippen molar-refractivity contribution in [3.05, 3.63) is 102 Å². The molecular formula is C27H29KN2O4. The van der Waals surface area contributed by atoms with Crippen LogP contribution in [0.25, 0.3) is 0 Å². The zero-order chi connectivity index (χ0) is 23.8. The zero-order valence-electron chi connectivity index (χ0n) is 19.6. The van der Waals surface area contributed by atoms with Crippen molar-refractivity contribution in [3.8, 4) is 5.75 Å². The number of benzene rings is 2. The number of carbonyl (C=O) groups excluding carboxylic acids is 2. The number of phenolic OH excluding ortho intramolecular Hbond substituents is 1. The molecule has 0 aliphatic heterocycles. The summed E-state index contributed by atoms with van der Waals surface area (Å²) in [6, 6.07) is 15.3. The van der Waals surface area contributed by atoms with Gasteiger partial charge in [-0.2, -0.15) is 0 Å². The second-order valence-electron chi connectivity index (χ2n) is 8.18. The van der Waals surface area contributed by atoms with Gasteiger partial charge in [0.1, 0.15) is 11.8 Å². The molecule has 1 unspecified atom stereocenters. The topological polar surface area (TPSA) is 92.7 Å². The summed E-state index contributed by atoms with van der Waals surface area (Å²) in [4.78, 5) is 28.2. The van der Waals surface area contributed by atoms with Crippen LogP contribution in [-0.2, 0) is 22.6 Å². The Labute approximate surface area is 243 Å². The Balaban J connectivity index is 0.00000408. The van der Waals surface area contributed by atoms with E-state index in [-0.39, 0.29) is 81.4 Å². The third-order valence-electron chi connectivity index (χ3n) is 5.46. The summed E-state index contributed by atoms with van der Waals surface area (Å²) < 4.78 is 0. The van der Waals surface area contributed by atoms with Crippen molar-refractivity contribution >= 4 is 11.8 Å². The minimum Gasteiger partial charge on any atom is -0.873 e. The van der Waals surface area contributed by atoms with E-state index in [1.807, 2.05) is 30.3 Å². The molecule has 1 fully saturated rings. The van der Waals surface area contributed by atoms with Crippen molar-refractivity contribution in [1.29, 1.82) is 0 Å². The van der Waals surface area contributed by atoms with Crippen LogP contribution < -0.4 is 61.8 Å². The maximum atomic E-state index is 13.3. The van der Waals surface area contributed by atoms with Crippen LogP contribution in [0.5, 0.6) is 5.75 Å². The van der Waals surface area contributed by atoms with Gasteiger partial charge in [-0.25, -0.2) is 0 Å². The summed E-state index contributed by atoms with van der Waals surface area (Å²) in [6.45, 7) is 7.64. The molecule has 0 radical (unpaired) electrons. The van der Waals surface area contributed by atoms with Gasteiger partial charge in [-0.1, -0.05) is 61.2 Å². The zero-order valence-corrected chi connectivity index (χ0v) is 22.7. The van der Waals surface area contributed by atoms with Crippen LogP contribution in [0, 0.1) is 0 Å². The van der Waals surface area contributed by atoms with E-state index in [0.29, 0.717) is 18.5 Å². The molecule has 2 amide bonds. The summed E-state index contributed by atoms with van der Waals surface area (Å²) in [5, 5.41) is 23.7. The van der Waals surface area contributed by atoms with Crippen LogP contribution in [0.1, 0.15) is 30.4 Å². The van der Waals surface area contributed by atoms with Crippen molar-refractivity contribution in [2.75, 3.05) is 0 Å². The number of amides is 2. The first kappa shape index (κ1) is 28.1. The molecule has 2 aromatic carbocycles. The normalized spacial score (nSPS) is 13.5. The fourth-order valence-electron chi connectivity index (χ4n) is 3.60. The molecule has 2 aromatic rings. The third-order valence-corrected chi connectivity index (χ3v) is 5.46. The summed E-state index contributed by atoms with van der Waals surface area (Å²) in [7, 11) is 0. The molecule has 7 heteroatoms. The smallest absolute Gasteiger partial charge is 0.873 e. The Kier molecular flexibility index (Phi) is 11.3. The van der Waals surface area contributed by atoms with Crippen LogP contribution in [-0.4, -0.2) is 33.9 Å². The maximum Gasteiger partial charge on any atom is 1.00 e. The van der Waals surface area contributed by atoms with Crippen molar-refractivity contribution in [2.45, 2.75) is 44.3 Å². The molecular weight excluding hydrogens is 455 g/mol. The summed E-state index contributed by atoms with van der Waals surface area (Å²) in [6.07, 6.45) is 5.06.